The lowest BCUT2D eigenvalue weighted by Gasteiger charge is -2.33. The molecule has 0 radical (unpaired) electrons. The number of hydrogen-bond donors (Lipinski definition) is 1. The molecule has 0 unspecified atom stereocenters. The quantitative estimate of drug-likeness (QED) is 0.824. The molecule has 0 spiro atoms. The standard InChI is InChI=1S/C18H22N2O5/c1-11-9-15(18(23)24-11)25-17(22)12-4-6-14(7-5-12)20-8-2-3-13(10-20)16(19)21/h4-7,11,13,15H,2-3,8-10H2,1H3,(H2,19,21)/t11-,13-,15-/m1/s1. The van der Waals surface area contributed by atoms with Gasteiger partial charge in [-0.3, -0.25) is 4.79 Å². The van der Waals surface area contributed by atoms with Crippen LogP contribution in [0.5, 0.6) is 0 Å². The summed E-state index contributed by atoms with van der Waals surface area (Å²) in [7, 11) is 0. The summed E-state index contributed by atoms with van der Waals surface area (Å²) in [5, 5.41) is 0. The molecule has 0 saturated carbocycles. The minimum atomic E-state index is -0.833. The first-order valence-corrected chi connectivity index (χ1v) is 8.50. The van der Waals surface area contributed by atoms with Gasteiger partial charge in [-0.1, -0.05) is 0 Å². The fraction of sp³-hybridized carbons (Fsp3) is 0.500. The number of amides is 1. The van der Waals surface area contributed by atoms with Gasteiger partial charge in [0.15, 0.2) is 0 Å². The van der Waals surface area contributed by atoms with Crippen LogP contribution in [0.15, 0.2) is 24.3 Å². The van der Waals surface area contributed by atoms with Crippen molar-refractivity contribution in [2.75, 3.05) is 18.0 Å². The molecule has 3 rings (SSSR count). The molecule has 2 saturated heterocycles. The number of cyclic esters (lactones) is 1. The first-order valence-electron chi connectivity index (χ1n) is 8.50. The van der Waals surface area contributed by atoms with Crippen molar-refractivity contribution < 1.29 is 23.9 Å². The number of carbonyl (C=O) groups excluding carboxylic acids is 3. The van der Waals surface area contributed by atoms with Gasteiger partial charge in [0, 0.05) is 25.2 Å². The number of anilines is 1. The molecule has 1 aromatic rings. The maximum absolute atomic E-state index is 12.2. The molecule has 2 fully saturated rings. The van der Waals surface area contributed by atoms with Crippen LogP contribution in [-0.2, 0) is 19.1 Å². The van der Waals surface area contributed by atoms with Crippen LogP contribution in [0.1, 0.15) is 36.5 Å². The van der Waals surface area contributed by atoms with E-state index in [-0.39, 0.29) is 17.9 Å². The Kier molecular flexibility index (Phi) is 4.92. The number of benzene rings is 1. The predicted molar refractivity (Wildman–Crippen MR) is 89.9 cm³/mol. The number of nitrogens with zero attached hydrogens (tertiary/aromatic N) is 1. The first-order chi connectivity index (χ1) is 11.9. The fourth-order valence-electron chi connectivity index (χ4n) is 3.27. The van der Waals surface area contributed by atoms with Crippen molar-refractivity contribution in [3.8, 4) is 0 Å². The van der Waals surface area contributed by atoms with Gasteiger partial charge < -0.3 is 20.1 Å². The average molecular weight is 346 g/mol. The smallest absolute Gasteiger partial charge is 0.347 e. The van der Waals surface area contributed by atoms with Gasteiger partial charge in [0.1, 0.15) is 6.10 Å². The van der Waals surface area contributed by atoms with Crippen LogP contribution in [0, 0.1) is 5.92 Å². The molecule has 134 valence electrons. The lowest BCUT2D eigenvalue weighted by Crippen LogP contribution is -2.41. The van der Waals surface area contributed by atoms with E-state index in [0.29, 0.717) is 18.5 Å². The molecule has 2 aliphatic rings. The second-order valence-corrected chi connectivity index (χ2v) is 6.61. The molecule has 2 heterocycles. The molecule has 2 N–H and O–H groups in total. The van der Waals surface area contributed by atoms with Crippen molar-refractivity contribution in [3.05, 3.63) is 29.8 Å². The summed E-state index contributed by atoms with van der Waals surface area (Å²) in [5.41, 5.74) is 6.71. The van der Waals surface area contributed by atoms with E-state index in [9.17, 15) is 14.4 Å². The summed E-state index contributed by atoms with van der Waals surface area (Å²) in [5.74, 6) is -1.46. The SMILES string of the molecule is C[C@@H]1C[C@@H](OC(=O)c2ccc(N3CCC[C@@H](C(N)=O)C3)cc2)C(=O)O1. The number of nitrogens with two attached hydrogens (primary N) is 1. The third-order valence-electron chi connectivity index (χ3n) is 4.67. The van der Waals surface area contributed by atoms with Crippen LogP contribution in [0.3, 0.4) is 0 Å². The van der Waals surface area contributed by atoms with Gasteiger partial charge in [0.25, 0.3) is 0 Å². The van der Waals surface area contributed by atoms with Crippen molar-refractivity contribution in [1.29, 1.82) is 0 Å². The number of carbonyl (C=O) groups is 3. The van der Waals surface area contributed by atoms with E-state index in [1.54, 1.807) is 19.1 Å². The molecule has 1 aromatic carbocycles. The number of hydrogen-bond acceptors (Lipinski definition) is 6. The van der Waals surface area contributed by atoms with Gasteiger partial charge in [-0.25, -0.2) is 9.59 Å². The summed E-state index contributed by atoms with van der Waals surface area (Å²) in [6.07, 6.45) is 1.03. The molecule has 1 amide bonds. The van der Waals surface area contributed by atoms with Gasteiger partial charge in [0.2, 0.25) is 12.0 Å². The first kappa shape index (κ1) is 17.3. The lowest BCUT2D eigenvalue weighted by molar-refractivity contribution is -0.147. The Morgan fingerprint density at radius 1 is 1.28 bits per heavy atom. The summed E-state index contributed by atoms with van der Waals surface area (Å²) in [6.45, 7) is 3.20. The topological polar surface area (TPSA) is 98.9 Å². The molecule has 0 bridgehead atoms. The molecule has 25 heavy (non-hydrogen) atoms. The molecule has 7 nitrogen and oxygen atoms in total. The highest BCUT2D eigenvalue weighted by Gasteiger charge is 2.35. The normalized spacial score (nSPS) is 26.2. The zero-order valence-corrected chi connectivity index (χ0v) is 14.1. The van der Waals surface area contributed by atoms with Crippen LogP contribution < -0.4 is 10.6 Å². The van der Waals surface area contributed by atoms with Crippen molar-refractivity contribution in [1.82, 2.24) is 0 Å². The van der Waals surface area contributed by atoms with Crippen molar-refractivity contribution >= 4 is 23.5 Å². The molecule has 0 aromatic heterocycles. The summed E-state index contributed by atoms with van der Waals surface area (Å²) in [6, 6.07) is 6.95. The van der Waals surface area contributed by atoms with Gasteiger partial charge >= 0.3 is 11.9 Å². The van der Waals surface area contributed by atoms with Gasteiger partial charge in [-0.15, -0.1) is 0 Å². The minimum absolute atomic E-state index is 0.145. The van der Waals surface area contributed by atoms with E-state index < -0.39 is 18.0 Å². The Hall–Kier alpha value is -2.57. The second kappa shape index (κ2) is 7.13. The Balaban J connectivity index is 1.63. The van der Waals surface area contributed by atoms with Crippen LogP contribution in [0.4, 0.5) is 5.69 Å². The van der Waals surface area contributed by atoms with E-state index >= 15 is 0 Å². The van der Waals surface area contributed by atoms with Crippen LogP contribution in [0.2, 0.25) is 0 Å². The van der Waals surface area contributed by atoms with Crippen LogP contribution in [0.25, 0.3) is 0 Å². The van der Waals surface area contributed by atoms with Crippen LogP contribution in [-0.4, -0.2) is 43.1 Å². The zero-order chi connectivity index (χ0) is 18.0. The third-order valence-corrected chi connectivity index (χ3v) is 4.67. The Morgan fingerprint density at radius 3 is 2.60 bits per heavy atom. The van der Waals surface area contributed by atoms with E-state index in [1.807, 2.05) is 12.1 Å². The van der Waals surface area contributed by atoms with Gasteiger partial charge in [0.05, 0.1) is 11.5 Å². The van der Waals surface area contributed by atoms with Crippen molar-refractivity contribution in [3.63, 3.8) is 0 Å². The molecule has 2 aliphatic heterocycles. The molecule has 7 heteroatoms. The Bertz CT molecular complexity index is 673. The zero-order valence-electron chi connectivity index (χ0n) is 14.1. The molecule has 3 atom stereocenters. The number of ether oxygens (including phenoxy) is 2. The minimum Gasteiger partial charge on any atom is -0.460 e. The largest absolute Gasteiger partial charge is 0.460 e. The monoisotopic (exact) mass is 346 g/mol. The van der Waals surface area contributed by atoms with Crippen molar-refractivity contribution in [2.24, 2.45) is 11.7 Å². The predicted octanol–water partition coefficient (Wildman–Crippen LogP) is 1.25. The van der Waals surface area contributed by atoms with E-state index in [4.69, 9.17) is 15.2 Å². The highest BCUT2D eigenvalue weighted by atomic mass is 16.6. The number of piperidine rings is 1. The summed E-state index contributed by atoms with van der Waals surface area (Å²) >= 11 is 0. The maximum Gasteiger partial charge on any atom is 0.347 e. The highest BCUT2D eigenvalue weighted by molar-refractivity contribution is 5.92. The number of primary amides is 1. The average Bonchev–Trinajstić information content (AvgIpc) is 2.92. The van der Waals surface area contributed by atoms with E-state index in [2.05, 4.69) is 4.90 Å². The molecular weight excluding hydrogens is 324 g/mol. The number of rotatable bonds is 4. The second-order valence-electron chi connectivity index (χ2n) is 6.61. The third kappa shape index (κ3) is 3.92. The van der Waals surface area contributed by atoms with E-state index in [0.717, 1.165) is 25.1 Å². The molecule has 0 aliphatic carbocycles. The van der Waals surface area contributed by atoms with E-state index in [1.165, 1.54) is 0 Å². The van der Waals surface area contributed by atoms with Gasteiger partial charge in [-0.05, 0) is 44.0 Å². The van der Waals surface area contributed by atoms with Crippen molar-refractivity contribution in [2.45, 2.75) is 38.4 Å². The van der Waals surface area contributed by atoms with Crippen LogP contribution >= 0.6 is 0 Å². The summed E-state index contributed by atoms with van der Waals surface area (Å²) in [4.78, 5) is 37.2. The Labute approximate surface area is 146 Å². The van der Waals surface area contributed by atoms with Gasteiger partial charge in [-0.2, -0.15) is 0 Å². The highest BCUT2D eigenvalue weighted by Crippen LogP contribution is 2.24. The fourth-order valence-corrected chi connectivity index (χ4v) is 3.27. The molecular formula is C18H22N2O5. The summed E-state index contributed by atoms with van der Waals surface area (Å²) < 4.78 is 10.2. The maximum atomic E-state index is 12.2. The lowest BCUT2D eigenvalue weighted by atomic mass is 9.97. The number of esters is 2. The Morgan fingerprint density at radius 2 is 2.00 bits per heavy atom.